The van der Waals surface area contributed by atoms with E-state index in [4.69, 9.17) is 0 Å². The Kier molecular flexibility index (Phi) is 11.2. The third-order valence-electron chi connectivity index (χ3n) is 9.95. The maximum Gasteiger partial charge on any atom is -0.0126 e. The van der Waals surface area contributed by atoms with E-state index in [9.17, 15) is 0 Å². The summed E-state index contributed by atoms with van der Waals surface area (Å²) in [6.07, 6.45) is 3.35. The van der Waals surface area contributed by atoms with Crippen molar-refractivity contribution in [1.82, 2.24) is 0 Å². The van der Waals surface area contributed by atoms with E-state index < -0.39 is 0 Å². The Bertz CT molecular complexity index is 1200. The first-order chi connectivity index (χ1) is 20.4. The Balaban J connectivity index is 3.13. The van der Waals surface area contributed by atoms with E-state index >= 15 is 0 Å². The molecule has 2 aromatic carbocycles. The normalized spacial score (nSPS) is 14.6. The van der Waals surface area contributed by atoms with Gasteiger partial charge in [0.1, 0.15) is 0 Å². The van der Waals surface area contributed by atoms with E-state index in [0.717, 1.165) is 19.3 Å². The monoisotopic (exact) mass is 645 g/mol. The van der Waals surface area contributed by atoms with Gasteiger partial charge in [-0.2, -0.15) is 0 Å². The minimum absolute atomic E-state index is 0.0487. The van der Waals surface area contributed by atoms with Crippen LogP contribution >= 0.6 is 0 Å². The van der Waals surface area contributed by atoms with Crippen LogP contribution in [0.1, 0.15) is 228 Å². The summed E-state index contributed by atoms with van der Waals surface area (Å²) >= 11 is 0. The van der Waals surface area contributed by atoms with Crippen molar-refractivity contribution in [3.05, 3.63) is 67.8 Å². The predicted octanol–water partition coefficient (Wildman–Crippen LogP) is 14.2. The molecule has 0 spiro atoms. The van der Waals surface area contributed by atoms with Crippen LogP contribution in [0.3, 0.4) is 0 Å². The molecule has 47 heavy (non-hydrogen) atoms. The molecule has 0 aromatic heterocycles. The molecule has 0 amide bonds. The lowest BCUT2D eigenvalue weighted by Crippen LogP contribution is -2.32. The molecule has 0 saturated carbocycles. The van der Waals surface area contributed by atoms with E-state index in [0.29, 0.717) is 0 Å². The molecule has 0 aliphatic rings. The molecule has 0 heterocycles. The van der Waals surface area contributed by atoms with Gasteiger partial charge in [-0.05, 0) is 118 Å². The summed E-state index contributed by atoms with van der Waals surface area (Å²) in [5.41, 5.74) is 16.2. The highest BCUT2D eigenvalue weighted by Crippen LogP contribution is 2.48. The van der Waals surface area contributed by atoms with E-state index in [1.54, 1.807) is 33.4 Å². The maximum absolute atomic E-state index is 2.61. The van der Waals surface area contributed by atoms with Gasteiger partial charge in [-0.25, -0.2) is 0 Å². The van der Waals surface area contributed by atoms with Crippen LogP contribution in [0.4, 0.5) is 0 Å². The fourth-order valence-electron chi connectivity index (χ4n) is 8.21. The maximum atomic E-state index is 2.61. The lowest BCUT2D eigenvalue weighted by molar-refractivity contribution is 0.484. The smallest absolute Gasteiger partial charge is 0.0126 e. The summed E-state index contributed by atoms with van der Waals surface area (Å²) in [6, 6.07) is 5.23. The molecule has 2 aromatic rings. The van der Waals surface area contributed by atoms with Gasteiger partial charge in [0, 0.05) is 0 Å². The third-order valence-corrected chi connectivity index (χ3v) is 9.95. The van der Waals surface area contributed by atoms with Gasteiger partial charge in [-0.1, -0.05) is 178 Å². The number of hydrogen-bond acceptors (Lipinski definition) is 0. The molecule has 0 unspecified atom stereocenters. The van der Waals surface area contributed by atoms with Crippen LogP contribution in [-0.4, -0.2) is 0 Å². The summed E-state index contributed by atoms with van der Waals surface area (Å²) in [4.78, 5) is 0. The van der Waals surface area contributed by atoms with Gasteiger partial charge in [0.15, 0.2) is 0 Å². The first-order valence-corrected chi connectivity index (χ1v) is 18.9. The van der Waals surface area contributed by atoms with Crippen LogP contribution in [0, 0.1) is 0 Å². The summed E-state index contributed by atoms with van der Waals surface area (Å²) < 4.78 is 0. The second kappa shape index (κ2) is 12.6. The van der Waals surface area contributed by atoms with E-state index in [1.807, 2.05) is 0 Å². The molecule has 0 bridgehead atoms. The average molecular weight is 645 g/mol. The zero-order valence-electron chi connectivity index (χ0n) is 36.3. The van der Waals surface area contributed by atoms with Gasteiger partial charge < -0.3 is 0 Å². The van der Waals surface area contributed by atoms with Crippen molar-refractivity contribution in [2.24, 2.45) is 0 Å². The highest BCUT2D eigenvalue weighted by Gasteiger charge is 2.38. The lowest BCUT2D eigenvalue weighted by Gasteiger charge is -2.41. The van der Waals surface area contributed by atoms with Gasteiger partial charge in [0.05, 0.1) is 0 Å². The van der Waals surface area contributed by atoms with Crippen molar-refractivity contribution in [2.45, 2.75) is 229 Å². The third kappa shape index (κ3) is 9.37. The van der Waals surface area contributed by atoms with Crippen molar-refractivity contribution in [3.63, 3.8) is 0 Å². The zero-order chi connectivity index (χ0) is 37.3. The number of hydrogen-bond donors (Lipinski definition) is 0. The highest BCUT2D eigenvalue weighted by molar-refractivity contribution is 5.58. The van der Waals surface area contributed by atoms with Gasteiger partial charge in [-0.3, -0.25) is 0 Å². The van der Waals surface area contributed by atoms with Crippen LogP contribution < -0.4 is 0 Å². The Hall–Kier alpha value is -1.56. The summed E-state index contributed by atoms with van der Waals surface area (Å²) in [7, 11) is 0. The van der Waals surface area contributed by atoms with E-state index in [2.05, 4.69) is 178 Å². The molecule has 0 aliphatic heterocycles. The van der Waals surface area contributed by atoms with Gasteiger partial charge in [-0.15, -0.1) is 0 Å². The first kappa shape index (κ1) is 41.6. The molecule has 0 heteroatoms. The van der Waals surface area contributed by atoms with E-state index in [-0.39, 0.29) is 43.3 Å². The summed E-state index contributed by atoms with van der Waals surface area (Å²) in [6.45, 7) is 58.4. The molecule has 268 valence electrons. The molecule has 0 saturated heterocycles. The van der Waals surface area contributed by atoms with Crippen molar-refractivity contribution in [3.8, 4) is 0 Å². The van der Waals surface area contributed by atoms with E-state index in [1.165, 1.54) is 22.3 Å². The fourth-order valence-corrected chi connectivity index (χ4v) is 8.21. The van der Waals surface area contributed by atoms with Gasteiger partial charge in [0.2, 0.25) is 0 Å². The van der Waals surface area contributed by atoms with Crippen LogP contribution in [0.5, 0.6) is 0 Å². The molecule has 2 rings (SSSR count). The van der Waals surface area contributed by atoms with Crippen molar-refractivity contribution < 1.29 is 0 Å². The number of benzene rings is 2. The molecule has 0 atom stereocenters. The van der Waals surface area contributed by atoms with Crippen LogP contribution in [0.25, 0.3) is 0 Å². The molecule has 0 radical (unpaired) electrons. The topological polar surface area (TPSA) is 0 Å². The molecule has 0 aliphatic carbocycles. The quantitative estimate of drug-likeness (QED) is 0.311. The Morgan fingerprint density at radius 2 is 0.447 bits per heavy atom. The Morgan fingerprint density at radius 3 is 0.574 bits per heavy atom. The summed E-state index contributed by atoms with van der Waals surface area (Å²) in [5, 5.41) is 0. The Morgan fingerprint density at radius 1 is 0.277 bits per heavy atom. The predicted molar refractivity (Wildman–Crippen MR) is 215 cm³/mol. The second-order valence-electron chi connectivity index (χ2n) is 23.3. The van der Waals surface area contributed by atoms with Gasteiger partial charge in [0.25, 0.3) is 0 Å². The SMILES string of the molecule is CC(C)(C)c1cc(C(C)(C)C)c(C(C)(C)C)c(CCCc2c(C(C)(C)C)c(C(C)(C)C)cc(C(C)(C)C)c2C(C)(C)C)c1C(C)(C)C. The van der Waals surface area contributed by atoms with Gasteiger partial charge >= 0.3 is 0 Å². The summed E-state index contributed by atoms with van der Waals surface area (Å²) in [5.74, 6) is 0. The van der Waals surface area contributed by atoms with Crippen LogP contribution in [0.2, 0.25) is 0 Å². The largest absolute Gasteiger partial charge is 0.0561 e. The molecular weight excluding hydrogens is 565 g/mol. The van der Waals surface area contributed by atoms with Crippen molar-refractivity contribution >= 4 is 0 Å². The number of rotatable bonds is 4. The minimum Gasteiger partial charge on any atom is -0.0561 e. The molecule has 0 N–H and O–H groups in total. The lowest BCUT2D eigenvalue weighted by atomic mass is 9.63. The molecule has 0 fully saturated rings. The average Bonchev–Trinajstić information content (AvgIpc) is 2.77. The second-order valence-corrected chi connectivity index (χ2v) is 23.3. The zero-order valence-corrected chi connectivity index (χ0v) is 36.3. The standard InChI is InChI=1S/C47H80/c1-40(2,3)32-28-33(41(4,5)6)37(45(16,17)18)30(36(32)44(13,14)15)26-25-27-31-38(46(19,20)21)34(42(7,8)9)29-35(43(10,11)12)39(31)47(22,23)24/h28-29H,25-27H2,1-24H3. The van der Waals surface area contributed by atoms with Crippen molar-refractivity contribution in [2.75, 3.05) is 0 Å². The highest BCUT2D eigenvalue weighted by atomic mass is 14.4. The Labute approximate surface area is 295 Å². The minimum atomic E-state index is 0.0487. The molecular formula is C47H80. The van der Waals surface area contributed by atoms with Crippen molar-refractivity contribution in [1.29, 1.82) is 0 Å². The first-order valence-electron chi connectivity index (χ1n) is 18.9. The molecule has 0 nitrogen and oxygen atoms in total. The fraction of sp³-hybridized carbons (Fsp3) is 0.745. The van der Waals surface area contributed by atoms with Crippen LogP contribution in [-0.2, 0) is 56.2 Å². The van der Waals surface area contributed by atoms with Crippen LogP contribution in [0.15, 0.2) is 12.1 Å².